The van der Waals surface area contributed by atoms with Crippen molar-refractivity contribution in [1.29, 1.82) is 0 Å². The summed E-state index contributed by atoms with van der Waals surface area (Å²) in [6, 6.07) is 17.4. The SMILES string of the molecule is COC(=O)c1cc(NC2c3ccccc3C(=O)N2Cc2ccc3c(c2)OCO3)cc(C(=O)OC)c1. The smallest absolute Gasteiger partial charge is 0.337 e. The molecule has 0 fully saturated rings. The van der Waals surface area contributed by atoms with Gasteiger partial charge in [0, 0.05) is 23.4 Å². The van der Waals surface area contributed by atoms with Gasteiger partial charge in [-0.1, -0.05) is 24.3 Å². The van der Waals surface area contributed by atoms with Gasteiger partial charge in [0.05, 0.1) is 25.3 Å². The topological polar surface area (TPSA) is 103 Å². The van der Waals surface area contributed by atoms with Gasteiger partial charge in [-0.15, -0.1) is 0 Å². The zero-order chi connectivity index (χ0) is 24.5. The Bertz CT molecular complexity index is 1300. The lowest BCUT2D eigenvalue weighted by atomic mass is 10.1. The monoisotopic (exact) mass is 474 g/mol. The van der Waals surface area contributed by atoms with Gasteiger partial charge in [-0.25, -0.2) is 9.59 Å². The second-order valence-corrected chi connectivity index (χ2v) is 8.04. The lowest BCUT2D eigenvalue weighted by Crippen LogP contribution is -2.32. The first-order chi connectivity index (χ1) is 17.0. The lowest BCUT2D eigenvalue weighted by molar-refractivity contribution is 0.0597. The third-order valence-electron chi connectivity index (χ3n) is 5.93. The summed E-state index contributed by atoms with van der Waals surface area (Å²) in [5, 5.41) is 3.32. The van der Waals surface area contributed by atoms with Gasteiger partial charge in [-0.2, -0.15) is 0 Å². The molecule has 0 spiro atoms. The van der Waals surface area contributed by atoms with E-state index in [0.717, 1.165) is 11.1 Å². The highest BCUT2D eigenvalue weighted by molar-refractivity contribution is 6.00. The number of hydrogen-bond acceptors (Lipinski definition) is 8. The largest absolute Gasteiger partial charge is 0.465 e. The number of hydrogen-bond donors (Lipinski definition) is 1. The molecule has 0 saturated carbocycles. The van der Waals surface area contributed by atoms with Gasteiger partial charge in [0.2, 0.25) is 6.79 Å². The number of esters is 2. The van der Waals surface area contributed by atoms with E-state index in [4.69, 9.17) is 18.9 Å². The summed E-state index contributed by atoms with van der Waals surface area (Å²) in [4.78, 5) is 39.5. The first-order valence-electron chi connectivity index (χ1n) is 10.8. The van der Waals surface area contributed by atoms with Crippen LogP contribution in [0.25, 0.3) is 0 Å². The molecule has 9 nitrogen and oxygen atoms in total. The number of fused-ring (bicyclic) bond motifs is 2. The standard InChI is InChI=1S/C26H22N2O7/c1-32-25(30)16-10-17(26(31)33-2)12-18(11-16)27-23-19-5-3-4-6-20(19)24(29)28(23)13-15-7-8-21-22(9-15)35-14-34-21/h3-12,23,27H,13-14H2,1-2H3. The summed E-state index contributed by atoms with van der Waals surface area (Å²) >= 11 is 0. The molecular weight excluding hydrogens is 452 g/mol. The highest BCUT2D eigenvalue weighted by Gasteiger charge is 2.37. The Morgan fingerprint density at radius 3 is 2.34 bits per heavy atom. The molecule has 2 aliphatic heterocycles. The van der Waals surface area contributed by atoms with E-state index in [1.807, 2.05) is 36.4 Å². The molecule has 9 heteroatoms. The van der Waals surface area contributed by atoms with Gasteiger partial charge in [-0.05, 0) is 42.0 Å². The van der Waals surface area contributed by atoms with E-state index in [-0.39, 0.29) is 23.8 Å². The Labute approximate surface area is 201 Å². The number of carbonyl (C=O) groups excluding carboxylic acids is 3. The Morgan fingerprint density at radius 2 is 1.63 bits per heavy atom. The number of amides is 1. The molecule has 0 radical (unpaired) electrons. The minimum Gasteiger partial charge on any atom is -0.465 e. The Kier molecular flexibility index (Phi) is 5.74. The second kappa shape index (κ2) is 9.02. The molecular formula is C26H22N2O7. The van der Waals surface area contributed by atoms with Crippen LogP contribution in [-0.4, -0.2) is 43.8 Å². The molecule has 0 aromatic heterocycles. The van der Waals surface area contributed by atoms with Crippen molar-refractivity contribution in [3.8, 4) is 11.5 Å². The minimum atomic E-state index is -0.598. The molecule has 1 atom stereocenters. The summed E-state index contributed by atoms with van der Waals surface area (Å²) in [5.74, 6) is -0.0509. The van der Waals surface area contributed by atoms with Gasteiger partial charge in [-0.3, -0.25) is 4.79 Å². The molecule has 0 bridgehead atoms. The van der Waals surface area contributed by atoms with Crippen LogP contribution in [0.3, 0.4) is 0 Å². The molecule has 3 aromatic carbocycles. The summed E-state index contributed by atoms with van der Waals surface area (Å²) < 4.78 is 20.5. The molecule has 5 rings (SSSR count). The maximum atomic E-state index is 13.4. The number of rotatable bonds is 6. The lowest BCUT2D eigenvalue weighted by Gasteiger charge is -2.27. The number of nitrogens with zero attached hydrogens (tertiary/aromatic N) is 1. The zero-order valence-electron chi connectivity index (χ0n) is 19.1. The molecule has 0 saturated heterocycles. The maximum Gasteiger partial charge on any atom is 0.337 e. The number of methoxy groups -OCH3 is 2. The fourth-order valence-corrected chi connectivity index (χ4v) is 4.27. The van der Waals surface area contributed by atoms with Crippen molar-refractivity contribution in [3.63, 3.8) is 0 Å². The normalized spacial score (nSPS) is 15.5. The van der Waals surface area contributed by atoms with Crippen LogP contribution in [0.15, 0.2) is 60.7 Å². The van der Waals surface area contributed by atoms with Crippen molar-refractivity contribution in [3.05, 3.63) is 88.5 Å². The molecule has 0 aliphatic carbocycles. The Balaban J connectivity index is 1.51. The minimum absolute atomic E-state index is 0.145. The van der Waals surface area contributed by atoms with Crippen LogP contribution in [0.5, 0.6) is 11.5 Å². The van der Waals surface area contributed by atoms with E-state index in [0.29, 0.717) is 29.3 Å². The molecule has 2 heterocycles. The first-order valence-corrected chi connectivity index (χ1v) is 10.8. The third kappa shape index (κ3) is 4.12. The number of benzene rings is 3. The summed E-state index contributed by atoms with van der Waals surface area (Å²) in [5.41, 5.74) is 3.03. The fraction of sp³-hybridized carbons (Fsp3) is 0.192. The number of ether oxygens (including phenoxy) is 4. The maximum absolute atomic E-state index is 13.4. The van der Waals surface area contributed by atoms with Gasteiger partial charge in [0.25, 0.3) is 5.91 Å². The van der Waals surface area contributed by atoms with Gasteiger partial charge in [0.15, 0.2) is 11.5 Å². The molecule has 1 amide bonds. The fourth-order valence-electron chi connectivity index (χ4n) is 4.27. The van der Waals surface area contributed by atoms with Crippen LogP contribution < -0.4 is 14.8 Å². The summed E-state index contributed by atoms with van der Waals surface area (Å²) in [7, 11) is 2.53. The third-order valence-corrected chi connectivity index (χ3v) is 5.93. The van der Waals surface area contributed by atoms with E-state index in [9.17, 15) is 14.4 Å². The van der Waals surface area contributed by atoms with E-state index >= 15 is 0 Å². The zero-order valence-corrected chi connectivity index (χ0v) is 19.1. The van der Waals surface area contributed by atoms with Crippen LogP contribution in [-0.2, 0) is 16.0 Å². The van der Waals surface area contributed by atoms with Crippen molar-refractivity contribution >= 4 is 23.5 Å². The van der Waals surface area contributed by atoms with Crippen molar-refractivity contribution in [2.24, 2.45) is 0 Å². The Hall–Kier alpha value is -4.53. The highest BCUT2D eigenvalue weighted by atomic mass is 16.7. The average molecular weight is 474 g/mol. The van der Waals surface area contributed by atoms with Gasteiger partial charge in [0.1, 0.15) is 6.17 Å². The number of anilines is 1. The number of carbonyl (C=O) groups is 3. The summed E-state index contributed by atoms with van der Waals surface area (Å²) in [6.45, 7) is 0.457. The van der Waals surface area contributed by atoms with E-state index in [1.54, 1.807) is 23.1 Å². The predicted molar refractivity (Wildman–Crippen MR) is 124 cm³/mol. The highest BCUT2D eigenvalue weighted by Crippen LogP contribution is 2.38. The van der Waals surface area contributed by atoms with Gasteiger partial charge >= 0.3 is 11.9 Å². The Morgan fingerprint density at radius 1 is 0.943 bits per heavy atom. The van der Waals surface area contributed by atoms with Crippen molar-refractivity contribution < 1.29 is 33.3 Å². The predicted octanol–water partition coefficient (Wildman–Crippen LogP) is 3.76. The van der Waals surface area contributed by atoms with E-state index in [2.05, 4.69) is 5.32 Å². The average Bonchev–Trinajstić information content (AvgIpc) is 3.46. The van der Waals surface area contributed by atoms with Gasteiger partial charge < -0.3 is 29.2 Å². The quantitative estimate of drug-likeness (QED) is 0.539. The second-order valence-electron chi connectivity index (χ2n) is 8.04. The van der Waals surface area contributed by atoms with Crippen LogP contribution >= 0.6 is 0 Å². The molecule has 3 aromatic rings. The molecule has 2 aliphatic rings. The molecule has 178 valence electrons. The van der Waals surface area contributed by atoms with Crippen molar-refractivity contribution in [2.45, 2.75) is 12.7 Å². The van der Waals surface area contributed by atoms with Crippen LogP contribution in [0.2, 0.25) is 0 Å². The van der Waals surface area contributed by atoms with Crippen LogP contribution in [0.4, 0.5) is 5.69 Å². The molecule has 1 unspecified atom stereocenters. The van der Waals surface area contributed by atoms with Crippen LogP contribution in [0.1, 0.15) is 48.4 Å². The summed E-state index contributed by atoms with van der Waals surface area (Å²) in [6.07, 6.45) is -0.553. The van der Waals surface area contributed by atoms with Crippen molar-refractivity contribution in [2.75, 3.05) is 26.3 Å². The first kappa shape index (κ1) is 22.3. The van der Waals surface area contributed by atoms with Crippen molar-refractivity contribution in [1.82, 2.24) is 4.90 Å². The van der Waals surface area contributed by atoms with Crippen LogP contribution in [0, 0.1) is 0 Å². The van der Waals surface area contributed by atoms with E-state index in [1.165, 1.54) is 20.3 Å². The molecule has 1 N–H and O–H groups in total. The van der Waals surface area contributed by atoms with E-state index < -0.39 is 18.1 Å². The molecule has 35 heavy (non-hydrogen) atoms. The number of nitrogens with one attached hydrogen (secondary N) is 1.